The molecule has 0 bridgehead atoms. The maximum atomic E-state index is 12.9. The second-order valence-corrected chi connectivity index (χ2v) is 4.14. The summed E-state index contributed by atoms with van der Waals surface area (Å²) >= 11 is 1.34. The standard InChI is InChI=1S/C10H11FN2S/c1-2-9(6-12)14-10-4-7(11)3-8(13)5-10/h3-5,9H,2,13H2,1H3. The molecule has 0 heterocycles. The summed E-state index contributed by atoms with van der Waals surface area (Å²) in [6.45, 7) is 1.92. The first-order valence-electron chi connectivity index (χ1n) is 4.28. The van der Waals surface area contributed by atoms with Gasteiger partial charge in [0.1, 0.15) is 5.82 Å². The lowest BCUT2D eigenvalue weighted by molar-refractivity contribution is 0.625. The van der Waals surface area contributed by atoms with Crippen LogP contribution in [0.5, 0.6) is 0 Å². The van der Waals surface area contributed by atoms with Crippen molar-refractivity contribution in [1.82, 2.24) is 0 Å². The number of nitrogens with zero attached hydrogens (tertiary/aromatic N) is 1. The number of hydrogen-bond donors (Lipinski definition) is 1. The van der Waals surface area contributed by atoms with Gasteiger partial charge in [0.2, 0.25) is 0 Å². The van der Waals surface area contributed by atoms with E-state index in [9.17, 15) is 4.39 Å². The van der Waals surface area contributed by atoms with Gasteiger partial charge in [-0.1, -0.05) is 6.92 Å². The zero-order chi connectivity index (χ0) is 10.6. The highest BCUT2D eigenvalue weighted by Gasteiger charge is 2.07. The summed E-state index contributed by atoms with van der Waals surface area (Å²) in [6, 6.07) is 6.46. The Kier molecular flexibility index (Phi) is 3.78. The van der Waals surface area contributed by atoms with E-state index in [1.54, 1.807) is 6.07 Å². The molecule has 0 radical (unpaired) electrons. The summed E-state index contributed by atoms with van der Waals surface area (Å²) in [4.78, 5) is 0.705. The van der Waals surface area contributed by atoms with Crippen LogP contribution < -0.4 is 5.73 Å². The number of thioether (sulfide) groups is 1. The van der Waals surface area contributed by atoms with Crippen LogP contribution in [0.25, 0.3) is 0 Å². The third-order valence-corrected chi connectivity index (χ3v) is 2.92. The van der Waals surface area contributed by atoms with Gasteiger partial charge in [-0.05, 0) is 24.6 Å². The Morgan fingerprint density at radius 2 is 2.29 bits per heavy atom. The molecule has 74 valence electrons. The molecule has 0 saturated heterocycles. The van der Waals surface area contributed by atoms with Gasteiger partial charge in [-0.25, -0.2) is 4.39 Å². The maximum Gasteiger partial charge on any atom is 0.126 e. The molecule has 1 atom stereocenters. The molecule has 4 heteroatoms. The third-order valence-electron chi connectivity index (χ3n) is 1.69. The fourth-order valence-electron chi connectivity index (χ4n) is 1.02. The molecule has 0 saturated carbocycles. The van der Waals surface area contributed by atoms with Crippen molar-refractivity contribution in [3.8, 4) is 6.07 Å². The average Bonchev–Trinajstić information content (AvgIpc) is 2.12. The van der Waals surface area contributed by atoms with Crippen molar-refractivity contribution in [3.63, 3.8) is 0 Å². The first kappa shape index (κ1) is 10.9. The van der Waals surface area contributed by atoms with Crippen LogP contribution >= 0.6 is 11.8 Å². The molecule has 0 aromatic heterocycles. The normalized spacial score (nSPS) is 12.1. The Morgan fingerprint density at radius 1 is 1.57 bits per heavy atom. The highest BCUT2D eigenvalue weighted by atomic mass is 32.2. The average molecular weight is 210 g/mol. The maximum absolute atomic E-state index is 12.9. The molecule has 14 heavy (non-hydrogen) atoms. The molecule has 0 fully saturated rings. The summed E-state index contributed by atoms with van der Waals surface area (Å²) in [5, 5.41) is 8.59. The Hall–Kier alpha value is -1.21. The van der Waals surface area contributed by atoms with Gasteiger partial charge in [0, 0.05) is 10.6 Å². The van der Waals surface area contributed by atoms with Crippen molar-refractivity contribution in [1.29, 1.82) is 5.26 Å². The quantitative estimate of drug-likeness (QED) is 0.616. The van der Waals surface area contributed by atoms with E-state index < -0.39 is 0 Å². The third kappa shape index (κ3) is 2.93. The lowest BCUT2D eigenvalue weighted by Crippen LogP contribution is -1.96. The molecule has 0 amide bonds. The second kappa shape index (κ2) is 4.87. The van der Waals surface area contributed by atoms with Crippen LogP contribution in [0.15, 0.2) is 23.1 Å². The Balaban J connectivity index is 2.82. The molecule has 2 N–H and O–H groups in total. The minimum Gasteiger partial charge on any atom is -0.399 e. The molecule has 2 nitrogen and oxygen atoms in total. The van der Waals surface area contributed by atoms with Gasteiger partial charge in [0.25, 0.3) is 0 Å². The lowest BCUT2D eigenvalue weighted by atomic mass is 10.3. The van der Waals surface area contributed by atoms with E-state index in [-0.39, 0.29) is 11.1 Å². The fraction of sp³-hybridized carbons (Fsp3) is 0.300. The van der Waals surface area contributed by atoms with Crippen molar-refractivity contribution in [2.75, 3.05) is 5.73 Å². The minimum atomic E-state index is -0.361. The van der Waals surface area contributed by atoms with Crippen molar-refractivity contribution in [2.45, 2.75) is 23.5 Å². The van der Waals surface area contributed by atoms with E-state index in [2.05, 4.69) is 6.07 Å². The van der Waals surface area contributed by atoms with Gasteiger partial charge < -0.3 is 5.73 Å². The molecule has 0 spiro atoms. The van der Waals surface area contributed by atoms with E-state index in [0.717, 1.165) is 6.42 Å². The van der Waals surface area contributed by atoms with E-state index in [0.29, 0.717) is 10.6 Å². The van der Waals surface area contributed by atoms with Crippen molar-refractivity contribution in [3.05, 3.63) is 24.0 Å². The Morgan fingerprint density at radius 3 is 2.79 bits per heavy atom. The number of anilines is 1. The van der Waals surface area contributed by atoms with Crippen LogP contribution in [-0.4, -0.2) is 5.25 Å². The molecule has 1 aromatic carbocycles. The highest BCUT2D eigenvalue weighted by Crippen LogP contribution is 2.27. The first-order chi connectivity index (χ1) is 6.65. The molecule has 1 aromatic rings. The van der Waals surface area contributed by atoms with E-state index in [1.165, 1.54) is 23.9 Å². The van der Waals surface area contributed by atoms with Gasteiger partial charge in [-0.3, -0.25) is 0 Å². The molecule has 0 aliphatic carbocycles. The summed E-state index contributed by atoms with van der Waals surface area (Å²) < 4.78 is 12.9. The topological polar surface area (TPSA) is 49.8 Å². The second-order valence-electron chi connectivity index (χ2n) is 2.86. The predicted octanol–water partition coefficient (Wildman–Crippen LogP) is 2.80. The number of rotatable bonds is 3. The number of benzene rings is 1. The van der Waals surface area contributed by atoms with Crippen LogP contribution in [0.3, 0.4) is 0 Å². The van der Waals surface area contributed by atoms with Gasteiger partial charge >= 0.3 is 0 Å². The molecule has 1 rings (SSSR count). The zero-order valence-corrected chi connectivity index (χ0v) is 8.64. The number of nitrogens with two attached hydrogens (primary N) is 1. The molecular weight excluding hydrogens is 199 g/mol. The van der Waals surface area contributed by atoms with Crippen LogP contribution in [0.1, 0.15) is 13.3 Å². The van der Waals surface area contributed by atoms with Crippen LogP contribution in [0.2, 0.25) is 0 Å². The lowest BCUT2D eigenvalue weighted by Gasteiger charge is -2.06. The van der Waals surface area contributed by atoms with Crippen molar-refractivity contribution >= 4 is 17.4 Å². The fourth-order valence-corrected chi connectivity index (χ4v) is 1.95. The van der Waals surface area contributed by atoms with Crippen LogP contribution in [0.4, 0.5) is 10.1 Å². The van der Waals surface area contributed by atoms with Crippen LogP contribution in [0, 0.1) is 17.1 Å². The Bertz CT molecular complexity index is 339. The summed E-state index contributed by atoms with van der Waals surface area (Å²) in [6.07, 6.45) is 0.734. The Labute approximate surface area is 86.9 Å². The van der Waals surface area contributed by atoms with Gasteiger partial charge in [-0.15, -0.1) is 11.8 Å². The monoisotopic (exact) mass is 210 g/mol. The van der Waals surface area contributed by atoms with Crippen molar-refractivity contribution in [2.24, 2.45) is 0 Å². The zero-order valence-electron chi connectivity index (χ0n) is 7.83. The largest absolute Gasteiger partial charge is 0.399 e. The predicted molar refractivity (Wildman–Crippen MR) is 56.4 cm³/mol. The molecule has 0 aliphatic rings. The molecule has 1 unspecified atom stereocenters. The molecule has 0 aliphatic heterocycles. The van der Waals surface area contributed by atoms with Crippen LogP contribution in [-0.2, 0) is 0 Å². The summed E-state index contributed by atoms with van der Waals surface area (Å²) in [7, 11) is 0. The summed E-state index contributed by atoms with van der Waals surface area (Å²) in [5.41, 5.74) is 5.87. The number of hydrogen-bond acceptors (Lipinski definition) is 3. The number of nitrogen functional groups attached to an aromatic ring is 1. The van der Waals surface area contributed by atoms with E-state index >= 15 is 0 Å². The van der Waals surface area contributed by atoms with Gasteiger partial charge in [-0.2, -0.15) is 5.26 Å². The van der Waals surface area contributed by atoms with E-state index in [4.69, 9.17) is 11.0 Å². The molecular formula is C10H11FN2S. The first-order valence-corrected chi connectivity index (χ1v) is 5.16. The van der Waals surface area contributed by atoms with Gasteiger partial charge in [0.05, 0.1) is 11.3 Å². The highest BCUT2D eigenvalue weighted by molar-refractivity contribution is 8.00. The van der Waals surface area contributed by atoms with E-state index in [1.807, 2.05) is 6.92 Å². The minimum absolute atomic E-state index is 0.142. The SMILES string of the molecule is CCC(C#N)Sc1cc(N)cc(F)c1. The van der Waals surface area contributed by atoms with Crippen molar-refractivity contribution < 1.29 is 4.39 Å². The smallest absolute Gasteiger partial charge is 0.126 e. The summed E-state index contributed by atoms with van der Waals surface area (Å²) in [5.74, 6) is -0.361. The number of nitriles is 1. The van der Waals surface area contributed by atoms with Gasteiger partial charge in [0.15, 0.2) is 0 Å². The number of halogens is 1.